The van der Waals surface area contributed by atoms with E-state index in [1.54, 1.807) is 13.1 Å². The van der Waals surface area contributed by atoms with Gasteiger partial charge in [-0.05, 0) is 6.08 Å². The zero-order valence-corrected chi connectivity index (χ0v) is 6.98. The fourth-order valence-electron chi connectivity index (χ4n) is 0.593. The monoisotopic (exact) mass is 154 g/mol. The Morgan fingerprint density at radius 3 is 2.64 bits per heavy atom. The number of hydrogen-bond donors (Lipinski definition) is 2. The number of carbonyl (C=O) groups is 1. The zero-order chi connectivity index (χ0) is 8.69. The van der Waals surface area contributed by atoms with Crippen molar-refractivity contribution in [3.05, 3.63) is 24.4 Å². The summed E-state index contributed by atoms with van der Waals surface area (Å²) < 4.78 is 0. The van der Waals surface area contributed by atoms with Gasteiger partial charge in [-0.2, -0.15) is 0 Å². The molecule has 0 spiro atoms. The number of hydrogen-bond acceptors (Lipinski definition) is 2. The van der Waals surface area contributed by atoms with Gasteiger partial charge in [0.15, 0.2) is 0 Å². The third-order valence-corrected chi connectivity index (χ3v) is 1.17. The summed E-state index contributed by atoms with van der Waals surface area (Å²) in [5, 5.41) is 5.60. The lowest BCUT2D eigenvalue weighted by molar-refractivity contribution is -0.118. The largest absolute Gasteiger partial charge is 0.390 e. The van der Waals surface area contributed by atoms with E-state index in [9.17, 15) is 4.79 Å². The standard InChI is InChI=1S/C8H14N2O/c1-4-5-8(9-3)6-10-7(2)11/h4-5,9H,1,6H2,2-3H3,(H,10,11)/b8-5-. The second kappa shape index (κ2) is 5.53. The number of carbonyl (C=O) groups excluding carboxylic acids is 1. The summed E-state index contributed by atoms with van der Waals surface area (Å²) in [4.78, 5) is 10.5. The fourth-order valence-corrected chi connectivity index (χ4v) is 0.593. The third kappa shape index (κ3) is 5.21. The summed E-state index contributed by atoms with van der Waals surface area (Å²) in [7, 11) is 1.80. The van der Waals surface area contributed by atoms with Crippen molar-refractivity contribution in [1.82, 2.24) is 10.6 Å². The van der Waals surface area contributed by atoms with Crippen LogP contribution in [-0.2, 0) is 4.79 Å². The molecule has 0 rings (SSSR count). The predicted octanol–water partition coefficient (Wildman–Crippen LogP) is 0.412. The smallest absolute Gasteiger partial charge is 0.217 e. The van der Waals surface area contributed by atoms with E-state index in [2.05, 4.69) is 17.2 Å². The summed E-state index contributed by atoms with van der Waals surface area (Å²) in [6, 6.07) is 0. The first kappa shape index (κ1) is 9.75. The van der Waals surface area contributed by atoms with Crippen LogP contribution in [0.15, 0.2) is 24.4 Å². The molecule has 0 heterocycles. The van der Waals surface area contributed by atoms with Gasteiger partial charge in [-0.15, -0.1) is 0 Å². The quantitative estimate of drug-likeness (QED) is 0.576. The Hall–Kier alpha value is -1.25. The maximum absolute atomic E-state index is 10.5. The molecule has 0 radical (unpaired) electrons. The van der Waals surface area contributed by atoms with Crippen LogP contribution in [0, 0.1) is 0 Å². The molecular formula is C8H14N2O. The van der Waals surface area contributed by atoms with Crippen LogP contribution in [0.3, 0.4) is 0 Å². The molecule has 0 fully saturated rings. The summed E-state index contributed by atoms with van der Waals surface area (Å²) in [5.41, 5.74) is 0.940. The van der Waals surface area contributed by atoms with E-state index in [4.69, 9.17) is 0 Å². The van der Waals surface area contributed by atoms with Crippen molar-refractivity contribution < 1.29 is 4.79 Å². The molecule has 3 heteroatoms. The first-order chi connectivity index (χ1) is 5.20. The average molecular weight is 154 g/mol. The number of nitrogens with one attached hydrogen (secondary N) is 2. The van der Waals surface area contributed by atoms with Crippen LogP contribution in [0.4, 0.5) is 0 Å². The molecule has 0 aromatic rings. The lowest BCUT2D eigenvalue weighted by Crippen LogP contribution is -2.26. The Bertz CT molecular complexity index is 173. The highest BCUT2D eigenvalue weighted by Gasteiger charge is 1.92. The van der Waals surface area contributed by atoms with Crippen molar-refractivity contribution >= 4 is 5.91 Å². The minimum absolute atomic E-state index is 0.0322. The van der Waals surface area contributed by atoms with E-state index >= 15 is 0 Å². The van der Waals surface area contributed by atoms with E-state index in [1.165, 1.54) is 6.92 Å². The van der Waals surface area contributed by atoms with Crippen molar-refractivity contribution in [3.63, 3.8) is 0 Å². The molecule has 0 saturated carbocycles. The van der Waals surface area contributed by atoms with Gasteiger partial charge in [-0.1, -0.05) is 12.7 Å². The van der Waals surface area contributed by atoms with Gasteiger partial charge in [0.05, 0.1) is 6.54 Å². The van der Waals surface area contributed by atoms with Crippen LogP contribution < -0.4 is 10.6 Å². The molecule has 0 aromatic carbocycles. The van der Waals surface area contributed by atoms with Crippen molar-refractivity contribution in [2.45, 2.75) is 6.92 Å². The summed E-state index contributed by atoms with van der Waals surface area (Å²) in [6.07, 6.45) is 3.49. The molecule has 2 N–H and O–H groups in total. The van der Waals surface area contributed by atoms with Crippen molar-refractivity contribution in [2.24, 2.45) is 0 Å². The molecule has 11 heavy (non-hydrogen) atoms. The third-order valence-electron chi connectivity index (χ3n) is 1.17. The van der Waals surface area contributed by atoms with Crippen molar-refractivity contribution in [1.29, 1.82) is 0 Å². The highest BCUT2D eigenvalue weighted by atomic mass is 16.1. The van der Waals surface area contributed by atoms with Gasteiger partial charge in [0.25, 0.3) is 0 Å². The summed E-state index contributed by atoms with van der Waals surface area (Å²) in [6.45, 7) is 5.56. The van der Waals surface area contributed by atoms with Crippen LogP contribution >= 0.6 is 0 Å². The van der Waals surface area contributed by atoms with Gasteiger partial charge >= 0.3 is 0 Å². The average Bonchev–Trinajstić information content (AvgIpc) is 1.97. The number of rotatable bonds is 4. The number of allylic oxidation sites excluding steroid dienone is 2. The van der Waals surface area contributed by atoms with Crippen LogP contribution in [0.1, 0.15) is 6.92 Å². The van der Waals surface area contributed by atoms with Crippen molar-refractivity contribution in [2.75, 3.05) is 13.6 Å². The molecule has 0 aliphatic carbocycles. The van der Waals surface area contributed by atoms with Crippen LogP contribution in [-0.4, -0.2) is 19.5 Å². The highest BCUT2D eigenvalue weighted by molar-refractivity contribution is 5.73. The molecule has 0 atom stereocenters. The van der Waals surface area contributed by atoms with Gasteiger partial charge < -0.3 is 10.6 Å². The van der Waals surface area contributed by atoms with Crippen LogP contribution in [0.5, 0.6) is 0 Å². The molecule has 0 bridgehead atoms. The van der Waals surface area contributed by atoms with Gasteiger partial charge in [0.1, 0.15) is 0 Å². The Morgan fingerprint density at radius 2 is 2.27 bits per heavy atom. The van der Waals surface area contributed by atoms with E-state index in [1.807, 2.05) is 6.08 Å². The maximum atomic E-state index is 10.5. The molecule has 0 aromatic heterocycles. The lowest BCUT2D eigenvalue weighted by atomic mass is 10.4. The molecule has 3 nitrogen and oxygen atoms in total. The minimum Gasteiger partial charge on any atom is -0.390 e. The Balaban J connectivity index is 3.79. The van der Waals surface area contributed by atoms with E-state index < -0.39 is 0 Å². The second-order valence-corrected chi connectivity index (χ2v) is 2.09. The topological polar surface area (TPSA) is 41.1 Å². The first-order valence-electron chi connectivity index (χ1n) is 3.44. The van der Waals surface area contributed by atoms with Crippen LogP contribution in [0.2, 0.25) is 0 Å². The van der Waals surface area contributed by atoms with Gasteiger partial charge in [-0.25, -0.2) is 0 Å². The molecular weight excluding hydrogens is 140 g/mol. The van der Waals surface area contributed by atoms with Crippen LogP contribution in [0.25, 0.3) is 0 Å². The van der Waals surface area contributed by atoms with Gasteiger partial charge in [0.2, 0.25) is 5.91 Å². The summed E-state index contributed by atoms with van der Waals surface area (Å²) >= 11 is 0. The lowest BCUT2D eigenvalue weighted by Gasteiger charge is -2.05. The Labute approximate surface area is 67.2 Å². The normalized spacial score (nSPS) is 10.5. The molecule has 0 saturated heterocycles. The first-order valence-corrected chi connectivity index (χ1v) is 3.44. The molecule has 62 valence electrons. The zero-order valence-electron chi connectivity index (χ0n) is 6.98. The Morgan fingerprint density at radius 1 is 1.64 bits per heavy atom. The van der Waals surface area contributed by atoms with Gasteiger partial charge in [-0.3, -0.25) is 4.79 Å². The molecule has 1 amide bonds. The van der Waals surface area contributed by atoms with E-state index in [-0.39, 0.29) is 5.91 Å². The molecule has 0 unspecified atom stereocenters. The number of amides is 1. The predicted molar refractivity (Wildman–Crippen MR) is 46.0 cm³/mol. The second-order valence-electron chi connectivity index (χ2n) is 2.09. The number of likely N-dealkylation sites (N-methyl/N-ethyl adjacent to an activating group) is 1. The van der Waals surface area contributed by atoms with E-state index in [0.29, 0.717) is 6.54 Å². The van der Waals surface area contributed by atoms with Gasteiger partial charge in [0, 0.05) is 19.7 Å². The highest BCUT2D eigenvalue weighted by Crippen LogP contribution is 1.84. The maximum Gasteiger partial charge on any atom is 0.217 e. The molecule has 0 aliphatic heterocycles. The molecule has 0 aliphatic rings. The Kier molecular flexibility index (Phi) is 4.90. The summed E-state index contributed by atoms with van der Waals surface area (Å²) in [5.74, 6) is -0.0322. The minimum atomic E-state index is -0.0322. The fraction of sp³-hybridized carbons (Fsp3) is 0.375. The SMILES string of the molecule is C=C/C=C(/CNC(C)=O)NC. The van der Waals surface area contributed by atoms with E-state index in [0.717, 1.165) is 5.70 Å². The van der Waals surface area contributed by atoms with Crippen molar-refractivity contribution in [3.8, 4) is 0 Å².